The molecule has 0 saturated heterocycles. The number of anilines is 1. The summed E-state index contributed by atoms with van der Waals surface area (Å²) < 4.78 is 11.3. The Kier molecular flexibility index (Phi) is 4.38. The summed E-state index contributed by atoms with van der Waals surface area (Å²) in [4.78, 5) is 0. The second-order valence-electron chi connectivity index (χ2n) is 5.12. The van der Waals surface area contributed by atoms with Crippen LogP contribution in [0.4, 0.5) is 5.69 Å². The number of hydrogen-bond acceptors (Lipinski definition) is 5. The predicted molar refractivity (Wildman–Crippen MR) is 85.7 cm³/mol. The highest BCUT2D eigenvalue weighted by atomic mass is 35.5. The van der Waals surface area contributed by atoms with Crippen molar-refractivity contribution in [2.75, 3.05) is 12.8 Å². The Morgan fingerprint density at radius 2 is 2.00 bits per heavy atom. The largest absolute Gasteiger partial charge is 0.434 e. The molecule has 0 spiro atoms. The van der Waals surface area contributed by atoms with E-state index in [9.17, 15) is 0 Å². The summed E-state index contributed by atoms with van der Waals surface area (Å²) in [5.74, 6) is 0.743. The van der Waals surface area contributed by atoms with E-state index in [0.717, 1.165) is 30.4 Å². The summed E-state index contributed by atoms with van der Waals surface area (Å²) in [6.07, 6.45) is 4.54. The fraction of sp³-hybridized carbons (Fsp3) is 0.333. The molecule has 7 heteroatoms. The summed E-state index contributed by atoms with van der Waals surface area (Å²) in [5.41, 5.74) is 8.16. The van der Waals surface area contributed by atoms with E-state index in [0.29, 0.717) is 27.4 Å². The molecule has 1 unspecified atom stereocenters. The van der Waals surface area contributed by atoms with Crippen LogP contribution in [0.5, 0.6) is 11.6 Å². The van der Waals surface area contributed by atoms with Gasteiger partial charge in [0.05, 0.1) is 22.3 Å². The van der Waals surface area contributed by atoms with Crippen LogP contribution in [0.2, 0.25) is 10.0 Å². The van der Waals surface area contributed by atoms with Crippen molar-refractivity contribution in [2.24, 2.45) is 0 Å². The van der Waals surface area contributed by atoms with Crippen molar-refractivity contribution in [1.82, 2.24) is 10.2 Å². The zero-order valence-corrected chi connectivity index (χ0v) is 13.5. The normalized spacial score (nSPS) is 17.1. The standard InChI is InChI=1S/C15H15Cl2N3O2/c1-21-13-4-2-3-9-10(13)7-19-20-15(9)22-14-11(16)5-8(18)6-12(14)17/h5-7,13H,2-4,18H2,1H3. The molecular weight excluding hydrogens is 325 g/mol. The maximum absolute atomic E-state index is 6.16. The first-order chi connectivity index (χ1) is 10.6. The molecule has 2 aromatic rings. The zero-order chi connectivity index (χ0) is 15.7. The van der Waals surface area contributed by atoms with Crippen molar-refractivity contribution in [2.45, 2.75) is 25.4 Å². The summed E-state index contributed by atoms with van der Waals surface area (Å²) in [5, 5.41) is 8.76. The number of fused-ring (bicyclic) bond motifs is 1. The summed E-state index contributed by atoms with van der Waals surface area (Å²) in [6.45, 7) is 0. The molecule has 1 atom stereocenters. The third-order valence-corrected chi connectivity index (χ3v) is 4.26. The van der Waals surface area contributed by atoms with Crippen LogP contribution < -0.4 is 10.5 Å². The Hall–Kier alpha value is -1.56. The van der Waals surface area contributed by atoms with Gasteiger partial charge in [-0.1, -0.05) is 23.2 Å². The van der Waals surface area contributed by atoms with Crippen LogP contribution in [0.3, 0.4) is 0 Å². The molecule has 1 aromatic heterocycles. The van der Waals surface area contributed by atoms with Crippen LogP contribution in [0.1, 0.15) is 30.1 Å². The van der Waals surface area contributed by atoms with Gasteiger partial charge in [-0.25, -0.2) is 0 Å². The molecule has 2 N–H and O–H groups in total. The summed E-state index contributed by atoms with van der Waals surface area (Å²) in [6, 6.07) is 3.17. The van der Waals surface area contributed by atoms with Crippen molar-refractivity contribution in [3.8, 4) is 11.6 Å². The number of nitrogens with zero attached hydrogens (tertiary/aromatic N) is 2. The molecular formula is C15H15Cl2N3O2. The van der Waals surface area contributed by atoms with E-state index < -0.39 is 0 Å². The highest BCUT2D eigenvalue weighted by Crippen LogP contribution is 2.41. The van der Waals surface area contributed by atoms with Gasteiger partial charge in [-0.15, -0.1) is 5.10 Å². The Morgan fingerprint density at radius 3 is 2.68 bits per heavy atom. The molecule has 3 rings (SSSR count). The minimum absolute atomic E-state index is 0.0129. The number of nitrogens with two attached hydrogens (primary N) is 1. The van der Waals surface area contributed by atoms with Crippen LogP contribution in [0, 0.1) is 0 Å². The van der Waals surface area contributed by atoms with E-state index >= 15 is 0 Å². The molecule has 0 radical (unpaired) electrons. The quantitative estimate of drug-likeness (QED) is 0.849. The van der Waals surface area contributed by atoms with Gasteiger partial charge in [-0.05, 0) is 31.4 Å². The molecule has 1 aliphatic carbocycles. The molecule has 1 heterocycles. The lowest BCUT2D eigenvalue weighted by Crippen LogP contribution is -2.14. The average Bonchev–Trinajstić information content (AvgIpc) is 2.50. The van der Waals surface area contributed by atoms with Crippen molar-refractivity contribution < 1.29 is 9.47 Å². The van der Waals surface area contributed by atoms with Gasteiger partial charge in [0.1, 0.15) is 0 Å². The maximum atomic E-state index is 6.16. The molecule has 5 nitrogen and oxygen atoms in total. The van der Waals surface area contributed by atoms with Gasteiger partial charge in [0.15, 0.2) is 5.75 Å². The second-order valence-corrected chi connectivity index (χ2v) is 5.93. The van der Waals surface area contributed by atoms with E-state index in [4.69, 9.17) is 38.4 Å². The molecule has 22 heavy (non-hydrogen) atoms. The van der Waals surface area contributed by atoms with Crippen LogP contribution in [-0.2, 0) is 11.2 Å². The third kappa shape index (κ3) is 2.84. The van der Waals surface area contributed by atoms with E-state index in [1.807, 2.05) is 0 Å². The van der Waals surface area contributed by atoms with Crippen LogP contribution in [-0.4, -0.2) is 17.3 Å². The van der Waals surface area contributed by atoms with E-state index in [-0.39, 0.29) is 6.10 Å². The van der Waals surface area contributed by atoms with E-state index in [1.165, 1.54) is 0 Å². The van der Waals surface area contributed by atoms with Gasteiger partial charge in [0, 0.05) is 23.9 Å². The summed E-state index contributed by atoms with van der Waals surface area (Å²) >= 11 is 12.3. The highest BCUT2D eigenvalue weighted by Gasteiger charge is 2.25. The first kappa shape index (κ1) is 15.3. The van der Waals surface area contributed by atoms with Crippen molar-refractivity contribution in [1.29, 1.82) is 0 Å². The fourth-order valence-corrected chi connectivity index (χ4v) is 3.24. The monoisotopic (exact) mass is 339 g/mol. The fourth-order valence-electron chi connectivity index (χ4n) is 2.65. The number of benzene rings is 1. The lowest BCUT2D eigenvalue weighted by Gasteiger charge is -2.24. The summed E-state index contributed by atoms with van der Waals surface area (Å²) in [7, 11) is 1.69. The lowest BCUT2D eigenvalue weighted by atomic mass is 9.91. The molecule has 0 bridgehead atoms. The molecule has 1 aromatic carbocycles. The number of nitrogen functional groups attached to an aromatic ring is 1. The first-order valence-corrected chi connectivity index (χ1v) is 7.65. The Bertz CT molecular complexity index is 686. The van der Waals surface area contributed by atoms with Gasteiger partial charge >= 0.3 is 0 Å². The number of rotatable bonds is 3. The van der Waals surface area contributed by atoms with Gasteiger partial charge in [-0.3, -0.25) is 0 Å². The molecule has 0 saturated carbocycles. The van der Waals surface area contributed by atoms with Crippen molar-refractivity contribution in [3.05, 3.63) is 39.5 Å². The van der Waals surface area contributed by atoms with Gasteiger partial charge < -0.3 is 15.2 Å². The van der Waals surface area contributed by atoms with Crippen molar-refractivity contribution >= 4 is 28.9 Å². The van der Waals surface area contributed by atoms with E-state index in [1.54, 1.807) is 25.4 Å². The molecule has 1 aliphatic rings. The number of aromatic nitrogens is 2. The van der Waals surface area contributed by atoms with Crippen LogP contribution in [0.15, 0.2) is 18.3 Å². The molecule has 0 amide bonds. The maximum Gasteiger partial charge on any atom is 0.242 e. The van der Waals surface area contributed by atoms with Crippen LogP contribution in [0.25, 0.3) is 0 Å². The Balaban J connectivity index is 2.01. The zero-order valence-electron chi connectivity index (χ0n) is 12.0. The SMILES string of the molecule is COC1CCCc2c1cnnc2Oc1c(Cl)cc(N)cc1Cl. The van der Waals surface area contributed by atoms with Gasteiger partial charge in [0.2, 0.25) is 5.88 Å². The number of hydrogen-bond donors (Lipinski definition) is 1. The lowest BCUT2D eigenvalue weighted by molar-refractivity contribution is 0.0870. The smallest absolute Gasteiger partial charge is 0.242 e. The minimum atomic E-state index is 0.0129. The number of ether oxygens (including phenoxy) is 2. The third-order valence-electron chi connectivity index (χ3n) is 3.70. The van der Waals surface area contributed by atoms with Gasteiger partial charge in [-0.2, -0.15) is 5.10 Å². The predicted octanol–water partition coefficient (Wildman–Crippen LogP) is 4.18. The Morgan fingerprint density at radius 1 is 1.27 bits per heavy atom. The van der Waals surface area contributed by atoms with Gasteiger partial charge in [0.25, 0.3) is 0 Å². The molecule has 0 fully saturated rings. The second kappa shape index (κ2) is 6.28. The molecule has 0 aliphatic heterocycles. The molecule has 116 valence electrons. The van der Waals surface area contributed by atoms with Crippen LogP contribution >= 0.6 is 23.2 Å². The topological polar surface area (TPSA) is 70.3 Å². The number of halogens is 2. The average molecular weight is 340 g/mol. The van der Waals surface area contributed by atoms with Crippen molar-refractivity contribution in [3.63, 3.8) is 0 Å². The van der Waals surface area contributed by atoms with E-state index in [2.05, 4.69) is 10.2 Å². The Labute approximate surface area is 138 Å². The highest BCUT2D eigenvalue weighted by molar-refractivity contribution is 6.37. The number of methoxy groups -OCH3 is 1. The minimum Gasteiger partial charge on any atom is -0.434 e. The first-order valence-electron chi connectivity index (χ1n) is 6.89.